The Labute approximate surface area is 141 Å². The van der Waals surface area contributed by atoms with Gasteiger partial charge in [0.15, 0.2) is 0 Å². The molecule has 1 nitrogen and oxygen atoms in total. The van der Waals surface area contributed by atoms with E-state index >= 15 is 0 Å². The lowest BCUT2D eigenvalue weighted by Crippen LogP contribution is -2.28. The largest absolute Gasteiger partial charge is 0.301 e. The Morgan fingerprint density at radius 1 is 0.864 bits per heavy atom. The van der Waals surface area contributed by atoms with Gasteiger partial charge in [-0.3, -0.25) is 0 Å². The molecule has 132 valence electrons. The molecule has 1 heterocycles. The molecule has 2 fully saturated rings. The third-order valence-corrected chi connectivity index (χ3v) is 6.28. The molecule has 0 bridgehead atoms. The van der Waals surface area contributed by atoms with Crippen LogP contribution in [0, 0.1) is 29.6 Å². The van der Waals surface area contributed by atoms with Gasteiger partial charge in [-0.25, -0.2) is 0 Å². The van der Waals surface area contributed by atoms with Crippen molar-refractivity contribution in [3.8, 4) is 0 Å². The number of rotatable bonds is 4. The van der Waals surface area contributed by atoms with Gasteiger partial charge in [0.1, 0.15) is 0 Å². The summed E-state index contributed by atoms with van der Waals surface area (Å²) in [5, 5.41) is 0. The summed E-state index contributed by atoms with van der Waals surface area (Å²) < 4.78 is 0. The van der Waals surface area contributed by atoms with Gasteiger partial charge >= 0.3 is 0 Å². The quantitative estimate of drug-likeness (QED) is 0.595. The molecule has 2 rings (SSSR count). The minimum absolute atomic E-state index is 0.749. The van der Waals surface area contributed by atoms with Crippen LogP contribution in [0.5, 0.6) is 0 Å². The lowest BCUT2D eigenvalue weighted by molar-refractivity contribution is 0.175. The van der Waals surface area contributed by atoms with Crippen LogP contribution < -0.4 is 0 Å². The minimum Gasteiger partial charge on any atom is -0.301 e. The molecule has 1 saturated heterocycles. The van der Waals surface area contributed by atoms with Crippen molar-refractivity contribution in [1.82, 2.24) is 4.90 Å². The van der Waals surface area contributed by atoms with E-state index in [0.29, 0.717) is 0 Å². The van der Waals surface area contributed by atoms with Gasteiger partial charge in [0.25, 0.3) is 0 Å². The number of nitrogens with zero attached hydrogens (tertiary/aromatic N) is 1. The van der Waals surface area contributed by atoms with Crippen LogP contribution in [-0.2, 0) is 0 Å². The number of likely N-dealkylation sites (tertiary alicyclic amines) is 1. The zero-order valence-corrected chi connectivity index (χ0v) is 16.6. The van der Waals surface area contributed by atoms with Gasteiger partial charge in [0.05, 0.1) is 0 Å². The van der Waals surface area contributed by atoms with Crippen molar-refractivity contribution < 1.29 is 0 Å². The van der Waals surface area contributed by atoms with Crippen LogP contribution in [0.2, 0.25) is 0 Å². The van der Waals surface area contributed by atoms with Gasteiger partial charge in [-0.2, -0.15) is 0 Å². The highest BCUT2D eigenvalue weighted by Crippen LogP contribution is 2.36. The van der Waals surface area contributed by atoms with E-state index in [1.807, 2.05) is 0 Å². The summed E-state index contributed by atoms with van der Waals surface area (Å²) >= 11 is 0. The van der Waals surface area contributed by atoms with Crippen molar-refractivity contribution in [3.05, 3.63) is 0 Å². The zero-order chi connectivity index (χ0) is 16.7. The fourth-order valence-electron chi connectivity index (χ4n) is 4.45. The van der Waals surface area contributed by atoms with Crippen LogP contribution in [0.1, 0.15) is 87.0 Å². The first-order chi connectivity index (χ1) is 10.4. The van der Waals surface area contributed by atoms with Crippen molar-refractivity contribution in [1.29, 1.82) is 0 Å². The number of hydrogen-bond acceptors (Lipinski definition) is 1. The Morgan fingerprint density at radius 3 is 1.86 bits per heavy atom. The zero-order valence-electron chi connectivity index (χ0n) is 16.6. The van der Waals surface area contributed by atoms with Gasteiger partial charge in [-0.15, -0.1) is 0 Å². The molecule has 0 aromatic rings. The van der Waals surface area contributed by atoms with E-state index in [1.54, 1.807) is 0 Å². The van der Waals surface area contributed by atoms with E-state index in [9.17, 15) is 0 Å². The van der Waals surface area contributed by atoms with Crippen LogP contribution in [-0.4, -0.2) is 24.0 Å². The maximum absolute atomic E-state index is 2.59. The van der Waals surface area contributed by atoms with E-state index in [-0.39, 0.29) is 0 Å². The third kappa shape index (κ3) is 6.22. The lowest BCUT2D eigenvalue weighted by Gasteiger charge is -2.33. The molecule has 0 aromatic carbocycles. The predicted octanol–water partition coefficient (Wildman–Crippen LogP) is 6.23. The molecule has 2 aliphatic rings. The second-order valence-corrected chi connectivity index (χ2v) is 8.74. The molecule has 0 aromatic heterocycles. The molecular formula is C21H43N. The average Bonchev–Trinajstić information content (AvgIpc) is 2.98. The normalized spacial score (nSPS) is 30.0. The van der Waals surface area contributed by atoms with E-state index in [2.05, 4.69) is 53.4 Å². The maximum Gasteiger partial charge on any atom is 0.00387 e. The van der Waals surface area contributed by atoms with Crippen molar-refractivity contribution in [3.63, 3.8) is 0 Å². The molecule has 3 atom stereocenters. The molecule has 0 spiro atoms. The van der Waals surface area contributed by atoms with E-state index in [4.69, 9.17) is 0 Å². The highest BCUT2D eigenvalue weighted by molar-refractivity contribution is 4.79. The first-order valence-corrected chi connectivity index (χ1v) is 10.1. The second-order valence-electron chi connectivity index (χ2n) is 8.74. The standard InChI is InChI=1S/C11H22.C10H21N/c1-4-10-7-5-6-8-11(10)9(2)3;1-8(2)10-5-6-11(7-10)9(3)4/h9-11H,4-8H2,1-3H3;8-10H,5-7H2,1-4H3. The topological polar surface area (TPSA) is 3.24 Å². The Bertz CT molecular complexity index is 268. The highest BCUT2D eigenvalue weighted by Gasteiger charge is 2.26. The molecule has 0 amide bonds. The molecule has 1 aliphatic heterocycles. The van der Waals surface area contributed by atoms with Crippen molar-refractivity contribution in [2.24, 2.45) is 29.6 Å². The number of hydrogen-bond donors (Lipinski definition) is 0. The van der Waals surface area contributed by atoms with Crippen LogP contribution in [0.15, 0.2) is 0 Å². The van der Waals surface area contributed by atoms with Crippen LogP contribution in [0.3, 0.4) is 0 Å². The van der Waals surface area contributed by atoms with Gasteiger partial charge in [-0.1, -0.05) is 60.3 Å². The average molecular weight is 310 g/mol. The molecule has 0 N–H and O–H groups in total. The molecule has 1 heteroatoms. The van der Waals surface area contributed by atoms with Crippen molar-refractivity contribution in [2.45, 2.75) is 93.0 Å². The summed E-state index contributed by atoms with van der Waals surface area (Å²) in [7, 11) is 0. The Balaban J connectivity index is 0.000000220. The molecular weight excluding hydrogens is 266 g/mol. The Hall–Kier alpha value is -0.0400. The first kappa shape index (κ1) is 20.0. The smallest absolute Gasteiger partial charge is 0.00387 e. The summed E-state index contributed by atoms with van der Waals surface area (Å²) in [5.74, 6) is 4.83. The highest BCUT2D eigenvalue weighted by atomic mass is 15.2. The van der Waals surface area contributed by atoms with Gasteiger partial charge in [-0.05, 0) is 62.8 Å². The third-order valence-electron chi connectivity index (χ3n) is 6.28. The predicted molar refractivity (Wildman–Crippen MR) is 100 cm³/mol. The fraction of sp³-hybridized carbons (Fsp3) is 1.00. The molecule has 0 radical (unpaired) electrons. The second kappa shape index (κ2) is 9.96. The van der Waals surface area contributed by atoms with Crippen molar-refractivity contribution in [2.75, 3.05) is 13.1 Å². The Morgan fingerprint density at radius 2 is 1.50 bits per heavy atom. The molecule has 22 heavy (non-hydrogen) atoms. The fourth-order valence-corrected chi connectivity index (χ4v) is 4.45. The Kier molecular flexibility index (Phi) is 9.05. The lowest BCUT2D eigenvalue weighted by atomic mass is 9.72. The summed E-state index contributed by atoms with van der Waals surface area (Å²) in [6, 6.07) is 0.749. The molecule has 3 unspecified atom stereocenters. The SMILES string of the molecule is CC(C)C1CCN(C(C)C)C1.CCC1CCCCC1C(C)C. The monoisotopic (exact) mass is 309 g/mol. The van der Waals surface area contributed by atoms with Gasteiger partial charge < -0.3 is 4.90 Å². The van der Waals surface area contributed by atoms with Crippen LogP contribution in [0.25, 0.3) is 0 Å². The van der Waals surface area contributed by atoms with Crippen molar-refractivity contribution >= 4 is 0 Å². The maximum atomic E-state index is 2.59. The molecule has 1 aliphatic carbocycles. The minimum atomic E-state index is 0.749. The van der Waals surface area contributed by atoms with E-state index in [1.165, 1.54) is 51.6 Å². The summed E-state index contributed by atoms with van der Waals surface area (Å²) in [6.07, 6.45) is 8.79. The first-order valence-electron chi connectivity index (χ1n) is 10.1. The summed E-state index contributed by atoms with van der Waals surface area (Å²) in [4.78, 5) is 2.59. The van der Waals surface area contributed by atoms with E-state index < -0.39 is 0 Å². The van der Waals surface area contributed by atoms with Crippen LogP contribution in [0.4, 0.5) is 0 Å². The van der Waals surface area contributed by atoms with Crippen LogP contribution >= 0.6 is 0 Å². The molecule has 1 saturated carbocycles. The van der Waals surface area contributed by atoms with Gasteiger partial charge in [0.2, 0.25) is 0 Å². The van der Waals surface area contributed by atoms with Gasteiger partial charge in [0, 0.05) is 12.6 Å². The summed E-state index contributed by atoms with van der Waals surface area (Å²) in [5.41, 5.74) is 0. The summed E-state index contributed by atoms with van der Waals surface area (Å²) in [6.45, 7) is 19.0. The van der Waals surface area contributed by atoms with E-state index in [0.717, 1.165) is 35.6 Å².